The van der Waals surface area contributed by atoms with Crippen molar-refractivity contribution in [1.29, 1.82) is 0 Å². The van der Waals surface area contributed by atoms with E-state index >= 15 is 0 Å². The Kier molecular flexibility index (Phi) is 3.86. The van der Waals surface area contributed by atoms with Crippen LogP contribution in [0.5, 0.6) is 0 Å². The topological polar surface area (TPSA) is 42.9 Å². The fourth-order valence-electron chi connectivity index (χ4n) is 3.65. The lowest BCUT2D eigenvalue weighted by Gasteiger charge is -2.30. The molecule has 0 spiro atoms. The molecule has 0 bridgehead atoms. The van der Waals surface area contributed by atoms with E-state index in [1.165, 1.54) is 25.7 Å². The van der Waals surface area contributed by atoms with Gasteiger partial charge < -0.3 is 0 Å². The van der Waals surface area contributed by atoms with Crippen LogP contribution in [0.15, 0.2) is 6.20 Å². The summed E-state index contributed by atoms with van der Waals surface area (Å²) in [5.41, 5.74) is 1.77. The minimum Gasteiger partial charge on any atom is -0.294 e. The molecule has 2 aliphatic carbocycles. The van der Waals surface area contributed by atoms with Gasteiger partial charge in [-0.2, -0.15) is 0 Å². The van der Waals surface area contributed by atoms with Crippen molar-refractivity contribution in [3.8, 4) is 0 Å². The van der Waals surface area contributed by atoms with Gasteiger partial charge in [0.2, 0.25) is 0 Å². The Morgan fingerprint density at radius 1 is 1.15 bits per heavy atom. The summed E-state index contributed by atoms with van der Waals surface area (Å²) in [6, 6.07) is 0. The van der Waals surface area contributed by atoms with Crippen LogP contribution in [0.1, 0.15) is 80.2 Å². The van der Waals surface area contributed by atoms with E-state index in [2.05, 4.69) is 18.8 Å². The quantitative estimate of drug-likeness (QED) is 0.819. The first-order chi connectivity index (χ1) is 9.65. The van der Waals surface area contributed by atoms with Crippen LogP contribution in [-0.2, 0) is 6.42 Å². The number of Topliss-reactive ketones (excluding diaryl/α,β-unsaturated/α-hetero) is 1. The first-order valence-corrected chi connectivity index (χ1v) is 8.04. The first kappa shape index (κ1) is 13.7. The lowest BCUT2D eigenvalue weighted by molar-refractivity contribution is 0.0971. The van der Waals surface area contributed by atoms with Crippen molar-refractivity contribution in [2.24, 2.45) is 11.8 Å². The SMILES string of the molecule is CC(C)C1CCC(c2ncc3c(n2)CCCC3=O)CC1. The van der Waals surface area contributed by atoms with Gasteiger partial charge in [-0.25, -0.2) is 9.97 Å². The molecule has 1 fully saturated rings. The van der Waals surface area contributed by atoms with Gasteiger partial charge >= 0.3 is 0 Å². The summed E-state index contributed by atoms with van der Waals surface area (Å²) in [4.78, 5) is 21.0. The molecule has 3 heteroatoms. The summed E-state index contributed by atoms with van der Waals surface area (Å²) in [7, 11) is 0. The molecule has 108 valence electrons. The van der Waals surface area contributed by atoms with Gasteiger partial charge in [0, 0.05) is 18.5 Å². The Morgan fingerprint density at radius 3 is 2.60 bits per heavy atom. The summed E-state index contributed by atoms with van der Waals surface area (Å²) in [5, 5.41) is 0. The van der Waals surface area contributed by atoms with Crippen LogP contribution in [0, 0.1) is 11.8 Å². The maximum Gasteiger partial charge on any atom is 0.166 e. The number of rotatable bonds is 2. The Hall–Kier alpha value is -1.25. The third-order valence-electron chi connectivity index (χ3n) is 5.08. The highest BCUT2D eigenvalue weighted by molar-refractivity contribution is 5.97. The van der Waals surface area contributed by atoms with Crippen molar-refractivity contribution in [3.63, 3.8) is 0 Å². The molecule has 1 saturated carbocycles. The average Bonchev–Trinajstić information content (AvgIpc) is 2.47. The minimum atomic E-state index is 0.223. The number of hydrogen-bond acceptors (Lipinski definition) is 3. The molecular formula is C17H24N2O. The Morgan fingerprint density at radius 2 is 1.90 bits per heavy atom. The van der Waals surface area contributed by atoms with Gasteiger partial charge in [0.1, 0.15) is 5.82 Å². The summed E-state index contributed by atoms with van der Waals surface area (Å²) in [6.07, 6.45) is 9.33. The number of carbonyl (C=O) groups is 1. The van der Waals surface area contributed by atoms with E-state index in [4.69, 9.17) is 4.98 Å². The van der Waals surface area contributed by atoms with Crippen molar-refractivity contribution >= 4 is 5.78 Å². The third kappa shape index (κ3) is 2.63. The standard InChI is InChI=1S/C17H24N2O/c1-11(2)12-6-8-13(9-7-12)17-18-10-14-15(19-17)4-3-5-16(14)20/h10-13H,3-9H2,1-2H3. The van der Waals surface area contributed by atoms with Gasteiger partial charge in [0.25, 0.3) is 0 Å². The minimum absolute atomic E-state index is 0.223. The van der Waals surface area contributed by atoms with Crippen molar-refractivity contribution in [2.45, 2.75) is 64.7 Å². The monoisotopic (exact) mass is 272 g/mol. The van der Waals surface area contributed by atoms with E-state index < -0.39 is 0 Å². The van der Waals surface area contributed by atoms with Crippen LogP contribution in [0.3, 0.4) is 0 Å². The van der Waals surface area contributed by atoms with E-state index in [-0.39, 0.29) is 5.78 Å². The van der Waals surface area contributed by atoms with Gasteiger partial charge in [-0.15, -0.1) is 0 Å². The number of aryl methyl sites for hydroxylation is 1. The molecule has 1 aromatic rings. The average molecular weight is 272 g/mol. The molecule has 2 aliphatic rings. The molecule has 0 aromatic carbocycles. The van der Waals surface area contributed by atoms with E-state index in [1.807, 2.05) is 0 Å². The van der Waals surface area contributed by atoms with E-state index in [0.29, 0.717) is 12.3 Å². The van der Waals surface area contributed by atoms with Crippen LogP contribution in [0.2, 0.25) is 0 Å². The van der Waals surface area contributed by atoms with Gasteiger partial charge in [-0.1, -0.05) is 13.8 Å². The molecule has 3 rings (SSSR count). The number of carbonyl (C=O) groups excluding carboxylic acids is 1. The first-order valence-electron chi connectivity index (χ1n) is 8.04. The number of aromatic nitrogens is 2. The van der Waals surface area contributed by atoms with Crippen LogP contribution in [-0.4, -0.2) is 15.8 Å². The van der Waals surface area contributed by atoms with Crippen LogP contribution >= 0.6 is 0 Å². The molecule has 0 atom stereocenters. The zero-order chi connectivity index (χ0) is 14.1. The summed E-state index contributed by atoms with van der Waals surface area (Å²) >= 11 is 0. The molecule has 0 saturated heterocycles. The highest BCUT2D eigenvalue weighted by Crippen LogP contribution is 2.37. The van der Waals surface area contributed by atoms with Crippen molar-refractivity contribution in [3.05, 3.63) is 23.3 Å². The Bertz CT molecular complexity index is 502. The predicted octanol–water partition coefficient (Wildman–Crippen LogP) is 3.93. The van der Waals surface area contributed by atoms with Gasteiger partial charge in [0.15, 0.2) is 5.78 Å². The van der Waals surface area contributed by atoms with Crippen LogP contribution < -0.4 is 0 Å². The second-order valence-corrected chi connectivity index (χ2v) is 6.72. The fraction of sp³-hybridized carbons (Fsp3) is 0.706. The molecule has 1 aromatic heterocycles. The molecular weight excluding hydrogens is 248 g/mol. The normalized spacial score (nSPS) is 26.6. The maximum atomic E-state index is 11.8. The molecule has 0 unspecified atom stereocenters. The highest BCUT2D eigenvalue weighted by Gasteiger charge is 2.27. The van der Waals surface area contributed by atoms with Crippen molar-refractivity contribution < 1.29 is 4.79 Å². The van der Waals surface area contributed by atoms with E-state index in [9.17, 15) is 4.79 Å². The largest absolute Gasteiger partial charge is 0.294 e. The van der Waals surface area contributed by atoms with Gasteiger partial charge in [0.05, 0.1) is 11.3 Å². The van der Waals surface area contributed by atoms with E-state index in [1.54, 1.807) is 6.20 Å². The summed E-state index contributed by atoms with van der Waals surface area (Å²) in [5.74, 6) is 3.37. The molecule has 0 N–H and O–H groups in total. The summed E-state index contributed by atoms with van der Waals surface area (Å²) in [6.45, 7) is 4.65. The fourth-order valence-corrected chi connectivity index (χ4v) is 3.65. The van der Waals surface area contributed by atoms with Crippen LogP contribution in [0.25, 0.3) is 0 Å². The lowest BCUT2D eigenvalue weighted by Crippen LogP contribution is -2.21. The van der Waals surface area contributed by atoms with Gasteiger partial charge in [-0.05, 0) is 50.4 Å². The Labute approximate surface area is 121 Å². The summed E-state index contributed by atoms with van der Waals surface area (Å²) < 4.78 is 0. The van der Waals surface area contributed by atoms with Crippen molar-refractivity contribution in [2.75, 3.05) is 0 Å². The zero-order valence-corrected chi connectivity index (χ0v) is 12.6. The van der Waals surface area contributed by atoms with Gasteiger partial charge in [-0.3, -0.25) is 4.79 Å². The number of ketones is 1. The predicted molar refractivity (Wildman–Crippen MR) is 78.8 cm³/mol. The molecule has 0 amide bonds. The number of nitrogens with zero attached hydrogens (tertiary/aromatic N) is 2. The van der Waals surface area contributed by atoms with E-state index in [0.717, 1.165) is 41.8 Å². The molecule has 0 radical (unpaired) electrons. The molecule has 1 heterocycles. The molecule has 3 nitrogen and oxygen atoms in total. The third-order valence-corrected chi connectivity index (χ3v) is 5.08. The van der Waals surface area contributed by atoms with Crippen LogP contribution in [0.4, 0.5) is 0 Å². The zero-order valence-electron chi connectivity index (χ0n) is 12.6. The lowest BCUT2D eigenvalue weighted by atomic mass is 9.76. The smallest absolute Gasteiger partial charge is 0.166 e. The molecule has 0 aliphatic heterocycles. The maximum absolute atomic E-state index is 11.8. The molecule has 20 heavy (non-hydrogen) atoms. The Balaban J connectivity index is 1.74. The number of fused-ring (bicyclic) bond motifs is 1. The van der Waals surface area contributed by atoms with Crippen molar-refractivity contribution in [1.82, 2.24) is 9.97 Å². The number of hydrogen-bond donors (Lipinski definition) is 0. The second kappa shape index (κ2) is 5.63. The highest BCUT2D eigenvalue weighted by atomic mass is 16.1. The second-order valence-electron chi connectivity index (χ2n) is 6.72.